The Morgan fingerprint density at radius 1 is 1.19 bits per heavy atom. The van der Waals surface area contributed by atoms with Crippen LogP contribution in [0.4, 0.5) is 0 Å². The molecule has 2 aromatic rings. The molecule has 1 aliphatic heterocycles. The molecule has 1 heterocycles. The van der Waals surface area contributed by atoms with Gasteiger partial charge in [-0.15, -0.1) is 0 Å². The molecule has 0 fully saturated rings. The van der Waals surface area contributed by atoms with Gasteiger partial charge in [0, 0.05) is 12.1 Å². The number of fused-ring (bicyclic) bond motifs is 1. The van der Waals surface area contributed by atoms with Crippen LogP contribution >= 0.6 is 0 Å². The number of nitrogens with zero attached hydrogens (tertiary/aromatic N) is 1. The summed E-state index contributed by atoms with van der Waals surface area (Å²) in [4.78, 5) is 14.7. The molecule has 0 N–H and O–H groups in total. The standard InChI is InChI=1S/C18H19NO2/c1-13-17-9-4-3-6-14(17)10-11-19(13)18(20)15-7-5-8-16(12-15)21-2/h3-9,12-13H,10-11H2,1-2H3. The first kappa shape index (κ1) is 13.7. The lowest BCUT2D eigenvalue weighted by Crippen LogP contribution is -2.38. The van der Waals surface area contributed by atoms with Crippen LogP contribution in [-0.4, -0.2) is 24.5 Å². The van der Waals surface area contributed by atoms with Crippen molar-refractivity contribution in [2.45, 2.75) is 19.4 Å². The molecule has 21 heavy (non-hydrogen) atoms. The number of benzene rings is 2. The maximum absolute atomic E-state index is 12.8. The van der Waals surface area contributed by atoms with Crippen molar-refractivity contribution in [2.75, 3.05) is 13.7 Å². The van der Waals surface area contributed by atoms with Crippen LogP contribution in [0.5, 0.6) is 5.75 Å². The third-order valence-corrected chi connectivity index (χ3v) is 4.17. The number of carbonyl (C=O) groups excluding carboxylic acids is 1. The summed E-state index contributed by atoms with van der Waals surface area (Å²) in [5, 5.41) is 0. The molecule has 0 aromatic heterocycles. The fraction of sp³-hybridized carbons (Fsp3) is 0.278. The summed E-state index contributed by atoms with van der Waals surface area (Å²) in [6, 6.07) is 15.8. The topological polar surface area (TPSA) is 29.5 Å². The second kappa shape index (κ2) is 5.60. The molecular formula is C18H19NO2. The minimum Gasteiger partial charge on any atom is -0.497 e. The summed E-state index contributed by atoms with van der Waals surface area (Å²) in [5.41, 5.74) is 3.28. The van der Waals surface area contributed by atoms with Crippen LogP contribution in [-0.2, 0) is 6.42 Å². The smallest absolute Gasteiger partial charge is 0.254 e. The number of hydrogen-bond acceptors (Lipinski definition) is 2. The summed E-state index contributed by atoms with van der Waals surface area (Å²) in [5.74, 6) is 0.779. The minimum absolute atomic E-state index is 0.0657. The van der Waals surface area contributed by atoms with Gasteiger partial charge in [-0.25, -0.2) is 0 Å². The van der Waals surface area contributed by atoms with Gasteiger partial charge in [-0.1, -0.05) is 30.3 Å². The first-order valence-electron chi connectivity index (χ1n) is 7.23. The molecule has 1 aliphatic rings. The van der Waals surface area contributed by atoms with Gasteiger partial charge < -0.3 is 9.64 Å². The van der Waals surface area contributed by atoms with Crippen LogP contribution in [0, 0.1) is 0 Å². The van der Waals surface area contributed by atoms with Crippen molar-refractivity contribution >= 4 is 5.91 Å². The van der Waals surface area contributed by atoms with Crippen LogP contribution in [0.2, 0.25) is 0 Å². The van der Waals surface area contributed by atoms with Crippen molar-refractivity contribution in [3.8, 4) is 5.75 Å². The predicted molar refractivity (Wildman–Crippen MR) is 82.6 cm³/mol. The molecular weight excluding hydrogens is 262 g/mol. The highest BCUT2D eigenvalue weighted by Gasteiger charge is 2.27. The maximum Gasteiger partial charge on any atom is 0.254 e. The van der Waals surface area contributed by atoms with E-state index < -0.39 is 0 Å². The Labute approximate surface area is 125 Å². The highest BCUT2D eigenvalue weighted by atomic mass is 16.5. The highest BCUT2D eigenvalue weighted by Crippen LogP contribution is 2.30. The summed E-state index contributed by atoms with van der Waals surface area (Å²) >= 11 is 0. The van der Waals surface area contributed by atoms with Gasteiger partial charge in [0.1, 0.15) is 5.75 Å². The van der Waals surface area contributed by atoms with Crippen molar-refractivity contribution in [2.24, 2.45) is 0 Å². The normalized spacial score (nSPS) is 17.2. The summed E-state index contributed by atoms with van der Waals surface area (Å²) in [6.45, 7) is 2.85. The molecule has 3 rings (SSSR count). The van der Waals surface area contributed by atoms with E-state index in [1.54, 1.807) is 13.2 Å². The Kier molecular flexibility index (Phi) is 3.65. The molecule has 1 unspecified atom stereocenters. The quantitative estimate of drug-likeness (QED) is 0.843. The number of hydrogen-bond donors (Lipinski definition) is 0. The molecule has 0 aliphatic carbocycles. The zero-order valence-electron chi connectivity index (χ0n) is 12.4. The fourth-order valence-electron chi connectivity index (χ4n) is 2.97. The van der Waals surface area contributed by atoms with Crippen molar-refractivity contribution in [1.82, 2.24) is 4.90 Å². The van der Waals surface area contributed by atoms with Crippen LogP contribution in [0.25, 0.3) is 0 Å². The van der Waals surface area contributed by atoms with E-state index in [0.29, 0.717) is 11.3 Å². The third kappa shape index (κ3) is 2.51. The molecule has 0 bridgehead atoms. The Morgan fingerprint density at radius 2 is 2.00 bits per heavy atom. The third-order valence-electron chi connectivity index (χ3n) is 4.17. The minimum atomic E-state index is 0.0657. The van der Waals surface area contributed by atoms with E-state index in [1.807, 2.05) is 29.2 Å². The molecule has 2 aromatic carbocycles. The van der Waals surface area contributed by atoms with E-state index >= 15 is 0 Å². The Balaban J connectivity index is 1.89. The van der Waals surface area contributed by atoms with Crippen LogP contribution in [0.3, 0.4) is 0 Å². The lowest BCUT2D eigenvalue weighted by Gasteiger charge is -2.35. The number of methoxy groups -OCH3 is 1. The number of carbonyl (C=O) groups is 1. The highest BCUT2D eigenvalue weighted by molar-refractivity contribution is 5.95. The van der Waals surface area contributed by atoms with Crippen LogP contribution in [0.15, 0.2) is 48.5 Å². The molecule has 3 nitrogen and oxygen atoms in total. The largest absolute Gasteiger partial charge is 0.497 e. The van der Waals surface area contributed by atoms with Crippen molar-refractivity contribution in [1.29, 1.82) is 0 Å². The van der Waals surface area contributed by atoms with Crippen molar-refractivity contribution < 1.29 is 9.53 Å². The van der Waals surface area contributed by atoms with Crippen LogP contribution < -0.4 is 4.74 Å². The van der Waals surface area contributed by atoms with Gasteiger partial charge in [-0.05, 0) is 42.7 Å². The zero-order chi connectivity index (χ0) is 14.8. The van der Waals surface area contributed by atoms with Crippen LogP contribution in [0.1, 0.15) is 34.5 Å². The average Bonchev–Trinajstić information content (AvgIpc) is 2.55. The van der Waals surface area contributed by atoms with Crippen molar-refractivity contribution in [3.05, 3.63) is 65.2 Å². The SMILES string of the molecule is COc1cccc(C(=O)N2CCc3ccccc3C2C)c1. The van der Waals surface area contributed by atoms with Gasteiger partial charge in [0.2, 0.25) is 0 Å². The number of amides is 1. The fourth-order valence-corrected chi connectivity index (χ4v) is 2.97. The molecule has 1 atom stereocenters. The van der Waals surface area contributed by atoms with E-state index in [9.17, 15) is 4.79 Å². The van der Waals surface area contributed by atoms with Crippen molar-refractivity contribution in [3.63, 3.8) is 0 Å². The van der Waals surface area contributed by atoms with E-state index in [-0.39, 0.29) is 11.9 Å². The lowest BCUT2D eigenvalue weighted by atomic mass is 9.93. The molecule has 0 saturated carbocycles. The monoisotopic (exact) mass is 281 g/mol. The van der Waals surface area contributed by atoms with E-state index in [2.05, 4.69) is 25.1 Å². The van der Waals surface area contributed by atoms with E-state index in [1.165, 1.54) is 11.1 Å². The molecule has 108 valence electrons. The first-order valence-corrected chi connectivity index (χ1v) is 7.23. The summed E-state index contributed by atoms with van der Waals surface area (Å²) < 4.78 is 5.20. The Morgan fingerprint density at radius 3 is 2.81 bits per heavy atom. The molecule has 0 spiro atoms. The predicted octanol–water partition coefficient (Wildman–Crippen LogP) is 3.45. The lowest BCUT2D eigenvalue weighted by molar-refractivity contribution is 0.0677. The summed E-state index contributed by atoms with van der Waals surface area (Å²) in [7, 11) is 1.61. The van der Waals surface area contributed by atoms with Gasteiger partial charge in [0.05, 0.1) is 13.2 Å². The second-order valence-corrected chi connectivity index (χ2v) is 5.36. The van der Waals surface area contributed by atoms with Gasteiger partial charge in [-0.3, -0.25) is 4.79 Å². The van der Waals surface area contributed by atoms with Gasteiger partial charge in [0.25, 0.3) is 5.91 Å². The van der Waals surface area contributed by atoms with Gasteiger partial charge >= 0.3 is 0 Å². The zero-order valence-corrected chi connectivity index (χ0v) is 12.4. The summed E-state index contributed by atoms with van der Waals surface area (Å²) in [6.07, 6.45) is 0.913. The number of rotatable bonds is 2. The van der Waals surface area contributed by atoms with E-state index in [4.69, 9.17) is 4.74 Å². The molecule has 3 heteroatoms. The second-order valence-electron chi connectivity index (χ2n) is 5.36. The Hall–Kier alpha value is -2.29. The molecule has 0 radical (unpaired) electrons. The Bertz CT molecular complexity index is 666. The molecule has 0 saturated heterocycles. The van der Waals surface area contributed by atoms with E-state index in [0.717, 1.165) is 13.0 Å². The molecule has 1 amide bonds. The van der Waals surface area contributed by atoms with Gasteiger partial charge in [0.15, 0.2) is 0 Å². The maximum atomic E-state index is 12.8. The van der Waals surface area contributed by atoms with Gasteiger partial charge in [-0.2, -0.15) is 0 Å². The number of ether oxygens (including phenoxy) is 1. The average molecular weight is 281 g/mol. The first-order chi connectivity index (χ1) is 10.2.